The first-order valence-electron chi connectivity index (χ1n) is 7.40. The number of nitrogens with one attached hydrogen (secondary N) is 1. The van der Waals surface area contributed by atoms with E-state index in [0.717, 1.165) is 10.8 Å². The van der Waals surface area contributed by atoms with Crippen molar-refractivity contribution in [3.05, 3.63) is 23.8 Å². The molecule has 1 aliphatic rings. The van der Waals surface area contributed by atoms with Gasteiger partial charge in [-0.15, -0.1) is 0 Å². The van der Waals surface area contributed by atoms with Crippen LogP contribution in [0, 0.1) is 0 Å². The van der Waals surface area contributed by atoms with Crippen molar-refractivity contribution in [1.29, 1.82) is 0 Å². The minimum atomic E-state index is 0.198. The number of phenolic OH excluding ortho intramolecular Hbond substituents is 1. The third-order valence-electron chi connectivity index (χ3n) is 4.00. The molecule has 1 saturated carbocycles. The summed E-state index contributed by atoms with van der Waals surface area (Å²) in [6.07, 6.45) is 3.90. The highest BCUT2D eigenvalue weighted by Gasteiger charge is 2.28. The van der Waals surface area contributed by atoms with Crippen molar-refractivity contribution in [2.24, 2.45) is 0 Å². The first-order valence-corrected chi connectivity index (χ1v) is 8.45. The van der Waals surface area contributed by atoms with Crippen LogP contribution in [0.1, 0.15) is 44.7 Å². The Morgan fingerprint density at radius 1 is 1.45 bits per heavy atom. The molecule has 1 aromatic rings. The van der Waals surface area contributed by atoms with Gasteiger partial charge in [0.05, 0.1) is 7.11 Å². The molecule has 112 valence electrons. The lowest BCUT2D eigenvalue weighted by Gasteiger charge is -2.25. The van der Waals surface area contributed by atoms with Crippen molar-refractivity contribution in [3.8, 4) is 11.5 Å². The van der Waals surface area contributed by atoms with Crippen LogP contribution >= 0.6 is 11.8 Å². The zero-order valence-electron chi connectivity index (χ0n) is 12.6. The van der Waals surface area contributed by atoms with Gasteiger partial charge < -0.3 is 15.2 Å². The van der Waals surface area contributed by atoms with E-state index in [1.807, 2.05) is 12.1 Å². The van der Waals surface area contributed by atoms with Gasteiger partial charge in [0.2, 0.25) is 0 Å². The monoisotopic (exact) mass is 295 g/mol. The second-order valence-corrected chi connectivity index (χ2v) is 6.87. The molecule has 3 nitrogen and oxygen atoms in total. The van der Waals surface area contributed by atoms with Gasteiger partial charge in [-0.05, 0) is 43.2 Å². The molecular weight excluding hydrogens is 270 g/mol. The smallest absolute Gasteiger partial charge is 0.160 e. The molecule has 0 spiro atoms. The number of ether oxygens (including phenoxy) is 1. The van der Waals surface area contributed by atoms with Crippen molar-refractivity contribution < 1.29 is 9.84 Å². The first kappa shape index (κ1) is 15.5. The average Bonchev–Trinajstić information content (AvgIpc) is 2.87. The van der Waals surface area contributed by atoms with Crippen molar-refractivity contribution in [3.63, 3.8) is 0 Å². The molecule has 0 heterocycles. The predicted molar refractivity (Wildman–Crippen MR) is 85.8 cm³/mol. The van der Waals surface area contributed by atoms with Crippen molar-refractivity contribution in [2.75, 3.05) is 12.9 Å². The van der Waals surface area contributed by atoms with Gasteiger partial charge in [0.1, 0.15) is 0 Å². The van der Waals surface area contributed by atoms with Crippen LogP contribution in [-0.4, -0.2) is 29.3 Å². The summed E-state index contributed by atoms with van der Waals surface area (Å²) in [6.45, 7) is 4.41. The Kier molecular flexibility index (Phi) is 5.61. The summed E-state index contributed by atoms with van der Waals surface area (Å²) in [5.41, 5.74) is 1.16. The van der Waals surface area contributed by atoms with E-state index in [0.29, 0.717) is 11.8 Å². The maximum atomic E-state index is 9.66. The van der Waals surface area contributed by atoms with Gasteiger partial charge in [-0.3, -0.25) is 0 Å². The van der Waals surface area contributed by atoms with Gasteiger partial charge in [-0.25, -0.2) is 0 Å². The van der Waals surface area contributed by atoms with E-state index in [-0.39, 0.29) is 11.8 Å². The van der Waals surface area contributed by atoms with Gasteiger partial charge in [0.15, 0.2) is 11.5 Å². The average molecular weight is 295 g/mol. The lowest BCUT2D eigenvalue weighted by atomic mass is 10.1. The van der Waals surface area contributed by atoms with Crippen molar-refractivity contribution in [1.82, 2.24) is 5.32 Å². The summed E-state index contributed by atoms with van der Waals surface area (Å²) in [5, 5.41) is 14.1. The summed E-state index contributed by atoms with van der Waals surface area (Å²) in [6, 6.07) is 6.46. The minimum Gasteiger partial charge on any atom is -0.504 e. The molecule has 0 aliphatic heterocycles. The standard InChI is InChI=1S/C16H25NO2S/c1-4-20-16-7-5-6-13(16)17-11(2)12-8-9-14(18)15(10-12)19-3/h8-11,13,16-18H,4-7H2,1-3H3. The molecule has 3 atom stereocenters. The number of phenols is 1. The van der Waals surface area contributed by atoms with Gasteiger partial charge in [0, 0.05) is 17.3 Å². The van der Waals surface area contributed by atoms with Crippen LogP contribution in [0.15, 0.2) is 18.2 Å². The molecular formula is C16H25NO2S. The summed E-state index contributed by atoms with van der Waals surface area (Å²) in [5.74, 6) is 1.93. The fraction of sp³-hybridized carbons (Fsp3) is 0.625. The molecule has 20 heavy (non-hydrogen) atoms. The normalized spacial score (nSPS) is 23.8. The molecule has 2 rings (SSSR count). The fourth-order valence-corrected chi connectivity index (χ4v) is 4.12. The second-order valence-electron chi connectivity index (χ2n) is 5.35. The van der Waals surface area contributed by atoms with Crippen molar-refractivity contribution in [2.45, 2.75) is 50.4 Å². The Balaban J connectivity index is 2.02. The number of hydrogen-bond acceptors (Lipinski definition) is 4. The third-order valence-corrected chi connectivity index (χ3v) is 5.33. The predicted octanol–water partition coefficient (Wildman–Crippen LogP) is 3.73. The zero-order valence-corrected chi connectivity index (χ0v) is 13.4. The largest absolute Gasteiger partial charge is 0.504 e. The van der Waals surface area contributed by atoms with Crippen LogP contribution < -0.4 is 10.1 Å². The fourth-order valence-electron chi connectivity index (χ4n) is 2.91. The molecule has 1 aromatic carbocycles. The van der Waals surface area contributed by atoms with E-state index in [2.05, 4.69) is 30.9 Å². The molecule has 3 unspecified atom stereocenters. The highest BCUT2D eigenvalue weighted by atomic mass is 32.2. The molecule has 0 aromatic heterocycles. The summed E-state index contributed by atoms with van der Waals surface area (Å²) < 4.78 is 5.18. The minimum absolute atomic E-state index is 0.198. The van der Waals surface area contributed by atoms with Crippen LogP contribution in [-0.2, 0) is 0 Å². The summed E-state index contributed by atoms with van der Waals surface area (Å²) in [7, 11) is 1.59. The lowest BCUT2D eigenvalue weighted by Crippen LogP contribution is -2.36. The number of aromatic hydroxyl groups is 1. The van der Waals surface area contributed by atoms with Gasteiger partial charge >= 0.3 is 0 Å². The van der Waals surface area contributed by atoms with E-state index in [4.69, 9.17) is 4.74 Å². The Labute approximate surface area is 126 Å². The van der Waals surface area contributed by atoms with Crippen LogP contribution in [0.5, 0.6) is 11.5 Å². The zero-order chi connectivity index (χ0) is 14.5. The van der Waals surface area contributed by atoms with Crippen LogP contribution in [0.4, 0.5) is 0 Å². The quantitative estimate of drug-likeness (QED) is 0.839. The maximum absolute atomic E-state index is 9.66. The molecule has 2 N–H and O–H groups in total. The number of benzene rings is 1. The molecule has 1 fully saturated rings. The van der Waals surface area contributed by atoms with Crippen LogP contribution in [0.2, 0.25) is 0 Å². The van der Waals surface area contributed by atoms with Gasteiger partial charge in [-0.1, -0.05) is 19.4 Å². The highest BCUT2D eigenvalue weighted by molar-refractivity contribution is 7.99. The van der Waals surface area contributed by atoms with E-state index >= 15 is 0 Å². The molecule has 0 amide bonds. The lowest BCUT2D eigenvalue weighted by molar-refractivity contribution is 0.371. The SMILES string of the molecule is CCSC1CCCC1NC(C)c1ccc(O)c(OC)c1. The Hall–Kier alpha value is -0.870. The summed E-state index contributed by atoms with van der Waals surface area (Å²) >= 11 is 2.07. The van der Waals surface area contributed by atoms with Crippen LogP contribution in [0.25, 0.3) is 0 Å². The highest BCUT2D eigenvalue weighted by Crippen LogP contribution is 2.33. The van der Waals surface area contributed by atoms with E-state index in [1.54, 1.807) is 13.2 Å². The molecule has 0 bridgehead atoms. The Bertz CT molecular complexity index is 438. The first-order chi connectivity index (χ1) is 9.65. The Morgan fingerprint density at radius 2 is 2.25 bits per heavy atom. The molecule has 4 heteroatoms. The third kappa shape index (κ3) is 3.61. The van der Waals surface area contributed by atoms with Gasteiger partial charge in [0.25, 0.3) is 0 Å². The molecule has 0 saturated heterocycles. The number of thioether (sulfide) groups is 1. The molecule has 1 aliphatic carbocycles. The summed E-state index contributed by atoms with van der Waals surface area (Å²) in [4.78, 5) is 0. The van der Waals surface area contributed by atoms with Crippen molar-refractivity contribution >= 4 is 11.8 Å². The van der Waals surface area contributed by atoms with Gasteiger partial charge in [-0.2, -0.15) is 11.8 Å². The van der Waals surface area contributed by atoms with E-state index < -0.39 is 0 Å². The Morgan fingerprint density at radius 3 is 2.95 bits per heavy atom. The topological polar surface area (TPSA) is 41.5 Å². The number of rotatable bonds is 6. The second kappa shape index (κ2) is 7.23. The van der Waals surface area contributed by atoms with Crippen LogP contribution in [0.3, 0.4) is 0 Å². The van der Waals surface area contributed by atoms with E-state index in [1.165, 1.54) is 25.0 Å². The number of methoxy groups -OCH3 is 1. The number of hydrogen-bond donors (Lipinski definition) is 2. The maximum Gasteiger partial charge on any atom is 0.160 e. The molecule has 0 radical (unpaired) electrons. The van der Waals surface area contributed by atoms with E-state index in [9.17, 15) is 5.11 Å².